The summed E-state index contributed by atoms with van der Waals surface area (Å²) in [6.45, 7) is 4.21. The fourth-order valence-electron chi connectivity index (χ4n) is 2.66. The first-order valence-electron chi connectivity index (χ1n) is 5.82. The molecule has 1 N–H and O–H groups in total. The average Bonchev–Trinajstić information content (AvgIpc) is 2.72. The lowest BCUT2D eigenvalue weighted by Crippen LogP contribution is -2.26. The van der Waals surface area contributed by atoms with Crippen LogP contribution in [0.25, 0.3) is 11.3 Å². The van der Waals surface area contributed by atoms with Crippen LogP contribution in [0.4, 0.5) is 0 Å². The highest BCUT2D eigenvalue weighted by molar-refractivity contribution is 5.90. The van der Waals surface area contributed by atoms with E-state index in [2.05, 4.69) is 25.1 Å². The third-order valence-corrected chi connectivity index (χ3v) is 3.51. The minimum atomic E-state index is -1.03. The van der Waals surface area contributed by atoms with Gasteiger partial charge in [-0.25, -0.2) is 4.79 Å². The lowest BCUT2D eigenvalue weighted by atomic mass is 9.72. The van der Waals surface area contributed by atoms with Gasteiger partial charge in [0.15, 0.2) is 11.5 Å². The number of nitrogens with zero attached hydrogens (tertiary/aromatic N) is 1. The molecule has 0 bridgehead atoms. The Morgan fingerprint density at radius 1 is 1.39 bits per heavy atom. The Morgan fingerprint density at radius 3 is 2.83 bits per heavy atom. The zero-order chi connectivity index (χ0) is 12.9. The van der Waals surface area contributed by atoms with Gasteiger partial charge in [-0.2, -0.15) is 0 Å². The predicted molar refractivity (Wildman–Crippen MR) is 65.6 cm³/mol. The molecule has 1 aromatic heterocycles. The topological polar surface area (TPSA) is 63.3 Å². The van der Waals surface area contributed by atoms with Gasteiger partial charge in [0.2, 0.25) is 0 Å². The maximum atomic E-state index is 11.1. The second-order valence-electron chi connectivity index (χ2n) is 5.25. The largest absolute Gasteiger partial charge is 0.476 e. The van der Waals surface area contributed by atoms with Gasteiger partial charge in [0.1, 0.15) is 0 Å². The van der Waals surface area contributed by atoms with Crippen LogP contribution >= 0.6 is 0 Å². The summed E-state index contributed by atoms with van der Waals surface area (Å²) in [6, 6.07) is 7.92. The van der Waals surface area contributed by atoms with Gasteiger partial charge < -0.3 is 9.63 Å². The molecule has 0 saturated heterocycles. The molecule has 18 heavy (non-hydrogen) atoms. The SMILES string of the molecule is CC1(C)Cc2c(C(=O)O)noc2-c2ccccc21. The number of carbonyl (C=O) groups is 1. The van der Waals surface area contributed by atoms with Gasteiger partial charge in [0, 0.05) is 11.1 Å². The maximum Gasteiger partial charge on any atom is 0.358 e. The van der Waals surface area contributed by atoms with Gasteiger partial charge in [-0.15, -0.1) is 0 Å². The van der Waals surface area contributed by atoms with Crippen LogP contribution in [0.3, 0.4) is 0 Å². The fraction of sp³-hybridized carbons (Fsp3) is 0.286. The standard InChI is InChI=1S/C14H13NO3/c1-14(2)7-9-11(13(16)17)15-18-12(9)8-5-3-4-6-10(8)14/h3-6H,7H2,1-2H3,(H,16,17). The zero-order valence-electron chi connectivity index (χ0n) is 10.2. The Kier molecular flexibility index (Phi) is 2.11. The number of fused-ring (bicyclic) bond motifs is 3. The van der Waals surface area contributed by atoms with E-state index < -0.39 is 5.97 Å². The van der Waals surface area contributed by atoms with Crippen LogP contribution < -0.4 is 0 Å². The van der Waals surface area contributed by atoms with E-state index in [-0.39, 0.29) is 11.1 Å². The lowest BCUT2D eigenvalue weighted by Gasteiger charge is -2.31. The number of hydrogen-bond donors (Lipinski definition) is 1. The van der Waals surface area contributed by atoms with Crippen LogP contribution in [0, 0.1) is 0 Å². The summed E-state index contributed by atoms with van der Waals surface area (Å²) < 4.78 is 5.24. The van der Waals surface area contributed by atoms with E-state index in [1.807, 2.05) is 18.2 Å². The van der Waals surface area contributed by atoms with Crippen molar-refractivity contribution in [3.8, 4) is 11.3 Å². The van der Waals surface area contributed by atoms with Crippen molar-refractivity contribution in [1.29, 1.82) is 0 Å². The van der Waals surface area contributed by atoms with Gasteiger partial charge in [-0.05, 0) is 17.4 Å². The Morgan fingerprint density at radius 2 is 2.11 bits per heavy atom. The van der Waals surface area contributed by atoms with Gasteiger partial charge in [-0.1, -0.05) is 43.3 Å². The highest BCUT2D eigenvalue weighted by Crippen LogP contribution is 2.43. The highest BCUT2D eigenvalue weighted by atomic mass is 16.5. The number of aromatic carboxylic acids is 1. The molecule has 4 nitrogen and oxygen atoms in total. The molecule has 0 saturated carbocycles. The van der Waals surface area contributed by atoms with Crippen LogP contribution in [0.2, 0.25) is 0 Å². The molecule has 1 aliphatic rings. The molecule has 2 aromatic rings. The zero-order valence-corrected chi connectivity index (χ0v) is 10.2. The van der Waals surface area contributed by atoms with Crippen LogP contribution in [-0.2, 0) is 11.8 Å². The van der Waals surface area contributed by atoms with E-state index in [4.69, 9.17) is 9.63 Å². The Hall–Kier alpha value is -2.10. The molecule has 0 atom stereocenters. The second kappa shape index (κ2) is 3.45. The van der Waals surface area contributed by atoms with Gasteiger partial charge in [-0.3, -0.25) is 0 Å². The Labute approximate surface area is 104 Å². The Bertz CT molecular complexity index is 640. The normalized spacial score (nSPS) is 15.9. The third-order valence-electron chi connectivity index (χ3n) is 3.51. The van der Waals surface area contributed by atoms with E-state index in [1.54, 1.807) is 0 Å². The van der Waals surface area contributed by atoms with Gasteiger partial charge >= 0.3 is 5.97 Å². The van der Waals surface area contributed by atoms with Crippen molar-refractivity contribution in [3.05, 3.63) is 41.1 Å². The highest BCUT2D eigenvalue weighted by Gasteiger charge is 2.36. The summed E-state index contributed by atoms with van der Waals surface area (Å²) in [4.78, 5) is 11.1. The number of aromatic nitrogens is 1. The third kappa shape index (κ3) is 1.38. The van der Waals surface area contributed by atoms with E-state index in [1.165, 1.54) is 5.56 Å². The van der Waals surface area contributed by atoms with Crippen molar-refractivity contribution in [3.63, 3.8) is 0 Å². The summed E-state index contributed by atoms with van der Waals surface area (Å²) in [5.74, 6) is -0.433. The number of carboxylic acids is 1. The minimum absolute atomic E-state index is 0.0348. The van der Waals surface area contributed by atoms with Crippen LogP contribution in [-0.4, -0.2) is 16.2 Å². The first-order chi connectivity index (χ1) is 8.50. The molecule has 0 radical (unpaired) electrons. The van der Waals surface area contributed by atoms with Crippen molar-refractivity contribution < 1.29 is 14.4 Å². The molecule has 0 aliphatic heterocycles. The fourth-order valence-corrected chi connectivity index (χ4v) is 2.66. The van der Waals surface area contributed by atoms with E-state index in [9.17, 15) is 4.79 Å². The van der Waals surface area contributed by atoms with Crippen molar-refractivity contribution in [2.75, 3.05) is 0 Å². The summed E-state index contributed by atoms with van der Waals surface area (Å²) in [7, 11) is 0. The number of hydrogen-bond acceptors (Lipinski definition) is 3. The molecule has 92 valence electrons. The molecule has 0 fully saturated rings. The van der Waals surface area contributed by atoms with E-state index in [0.29, 0.717) is 17.7 Å². The smallest absolute Gasteiger partial charge is 0.358 e. The molecule has 0 unspecified atom stereocenters. The van der Waals surface area contributed by atoms with Crippen LogP contribution in [0.1, 0.15) is 35.5 Å². The summed E-state index contributed by atoms with van der Waals surface area (Å²) in [5.41, 5.74) is 2.74. The molecular weight excluding hydrogens is 230 g/mol. The van der Waals surface area contributed by atoms with Crippen molar-refractivity contribution in [2.24, 2.45) is 0 Å². The first kappa shape index (κ1) is 11.0. The number of rotatable bonds is 1. The first-order valence-corrected chi connectivity index (χ1v) is 5.82. The van der Waals surface area contributed by atoms with Crippen molar-refractivity contribution in [2.45, 2.75) is 25.7 Å². The Balaban J connectivity index is 2.30. The number of carboxylic acid groups (broad SMARTS) is 1. The van der Waals surface area contributed by atoms with Crippen molar-refractivity contribution >= 4 is 5.97 Å². The summed E-state index contributed by atoms with van der Waals surface area (Å²) in [5, 5.41) is 12.8. The minimum Gasteiger partial charge on any atom is -0.476 e. The van der Waals surface area contributed by atoms with Crippen LogP contribution in [0.15, 0.2) is 28.8 Å². The van der Waals surface area contributed by atoms with Crippen molar-refractivity contribution in [1.82, 2.24) is 5.16 Å². The molecule has 1 heterocycles. The summed E-state index contributed by atoms with van der Waals surface area (Å²) in [6.07, 6.45) is 0.629. The molecule has 0 spiro atoms. The predicted octanol–water partition coefficient (Wildman–Crippen LogP) is 2.87. The average molecular weight is 243 g/mol. The van der Waals surface area contributed by atoms with Gasteiger partial charge in [0.05, 0.1) is 0 Å². The molecule has 3 rings (SSSR count). The molecular formula is C14H13NO3. The van der Waals surface area contributed by atoms with Gasteiger partial charge in [0.25, 0.3) is 0 Å². The second-order valence-corrected chi connectivity index (χ2v) is 5.25. The quantitative estimate of drug-likeness (QED) is 0.836. The molecule has 1 aromatic carbocycles. The molecule has 1 aliphatic carbocycles. The summed E-state index contributed by atoms with van der Waals surface area (Å²) >= 11 is 0. The lowest BCUT2D eigenvalue weighted by molar-refractivity contribution is 0.0684. The van der Waals surface area contributed by atoms with Crippen LogP contribution in [0.5, 0.6) is 0 Å². The molecule has 4 heteroatoms. The van der Waals surface area contributed by atoms with E-state index in [0.717, 1.165) is 5.56 Å². The molecule has 0 amide bonds. The number of benzene rings is 1. The van der Waals surface area contributed by atoms with E-state index >= 15 is 0 Å². The maximum absolute atomic E-state index is 11.1. The monoisotopic (exact) mass is 243 g/mol.